The lowest BCUT2D eigenvalue weighted by Gasteiger charge is -2.46. The van der Waals surface area contributed by atoms with E-state index in [1.165, 1.54) is 36.1 Å². The number of rotatable bonds is 3. The summed E-state index contributed by atoms with van der Waals surface area (Å²) < 4.78 is 37.7. The average molecular weight is 471 g/mol. The van der Waals surface area contributed by atoms with E-state index < -0.39 is 10.0 Å². The lowest BCUT2D eigenvalue weighted by atomic mass is 9.71. The maximum atomic E-state index is 13.7. The van der Waals surface area contributed by atoms with Crippen molar-refractivity contribution >= 4 is 15.9 Å². The fourth-order valence-corrected chi connectivity index (χ4v) is 6.40. The molecular formula is C25H30N2O5S. The molecule has 2 heterocycles. The van der Waals surface area contributed by atoms with E-state index in [0.29, 0.717) is 25.3 Å². The highest BCUT2D eigenvalue weighted by Gasteiger charge is 2.46. The van der Waals surface area contributed by atoms with Gasteiger partial charge in [-0.3, -0.25) is 4.79 Å². The first-order valence-electron chi connectivity index (χ1n) is 11.5. The van der Waals surface area contributed by atoms with E-state index in [0.717, 1.165) is 42.7 Å². The Bertz CT molecular complexity index is 1180. The van der Waals surface area contributed by atoms with Crippen LogP contribution in [0.3, 0.4) is 0 Å². The first-order chi connectivity index (χ1) is 15.7. The highest BCUT2D eigenvalue weighted by molar-refractivity contribution is 7.89. The number of hydrogen-bond acceptors (Lipinski definition) is 5. The molecule has 1 atom stereocenters. The second-order valence-corrected chi connectivity index (χ2v) is 11.6. The molecule has 5 rings (SSSR count). The zero-order valence-electron chi connectivity index (χ0n) is 19.3. The maximum Gasteiger partial charge on any atom is 0.254 e. The molecule has 2 aromatic rings. The van der Waals surface area contributed by atoms with E-state index in [2.05, 4.69) is 19.1 Å². The molecule has 33 heavy (non-hydrogen) atoms. The third kappa shape index (κ3) is 3.60. The van der Waals surface area contributed by atoms with E-state index in [9.17, 15) is 13.2 Å². The molecule has 0 saturated heterocycles. The van der Waals surface area contributed by atoms with Gasteiger partial charge in [-0.2, -0.15) is 0 Å². The van der Waals surface area contributed by atoms with Gasteiger partial charge in [0.25, 0.3) is 5.91 Å². The van der Waals surface area contributed by atoms with Crippen molar-refractivity contribution in [3.63, 3.8) is 0 Å². The summed E-state index contributed by atoms with van der Waals surface area (Å²) in [4.78, 5) is 15.8. The predicted molar refractivity (Wildman–Crippen MR) is 124 cm³/mol. The van der Waals surface area contributed by atoms with Crippen molar-refractivity contribution in [2.45, 2.75) is 49.0 Å². The molecular weight excluding hydrogens is 440 g/mol. The van der Waals surface area contributed by atoms with Gasteiger partial charge in [0.2, 0.25) is 10.0 Å². The van der Waals surface area contributed by atoms with Crippen LogP contribution in [-0.2, 0) is 15.4 Å². The van der Waals surface area contributed by atoms with Crippen LogP contribution in [0.15, 0.2) is 41.3 Å². The Labute approximate surface area is 195 Å². The van der Waals surface area contributed by atoms with E-state index in [1.54, 1.807) is 12.1 Å². The smallest absolute Gasteiger partial charge is 0.254 e. The van der Waals surface area contributed by atoms with E-state index in [-0.39, 0.29) is 22.3 Å². The molecule has 8 heteroatoms. The second kappa shape index (κ2) is 8.02. The van der Waals surface area contributed by atoms with Gasteiger partial charge >= 0.3 is 0 Å². The number of ether oxygens (including phenoxy) is 2. The minimum Gasteiger partial charge on any atom is -0.486 e. The quantitative estimate of drug-likeness (QED) is 0.683. The van der Waals surface area contributed by atoms with Gasteiger partial charge in [0.1, 0.15) is 13.2 Å². The predicted octanol–water partition coefficient (Wildman–Crippen LogP) is 3.74. The molecule has 1 spiro atoms. The van der Waals surface area contributed by atoms with E-state index in [1.807, 2.05) is 4.90 Å². The number of fused-ring (bicyclic) bond motifs is 3. The monoisotopic (exact) mass is 470 g/mol. The van der Waals surface area contributed by atoms with Crippen molar-refractivity contribution in [3.8, 4) is 11.5 Å². The van der Waals surface area contributed by atoms with Crippen LogP contribution in [0.4, 0.5) is 0 Å². The van der Waals surface area contributed by atoms with Gasteiger partial charge in [-0.25, -0.2) is 12.7 Å². The summed E-state index contributed by atoms with van der Waals surface area (Å²) in [6.45, 7) is 3.78. The number of carbonyl (C=O) groups is 1. The maximum absolute atomic E-state index is 13.7. The van der Waals surface area contributed by atoms with Crippen molar-refractivity contribution in [2.75, 3.05) is 33.9 Å². The number of hydrogen-bond donors (Lipinski definition) is 0. The Kier molecular flexibility index (Phi) is 5.40. The number of carbonyl (C=O) groups excluding carboxylic acids is 1. The summed E-state index contributed by atoms with van der Waals surface area (Å²) in [6, 6.07) is 10.3. The molecule has 176 valence electrons. The molecule has 3 aliphatic rings. The van der Waals surface area contributed by atoms with Crippen molar-refractivity contribution in [2.24, 2.45) is 0 Å². The van der Waals surface area contributed by atoms with Gasteiger partial charge in [0.05, 0.1) is 10.9 Å². The molecule has 1 amide bonds. The van der Waals surface area contributed by atoms with Gasteiger partial charge in [0, 0.05) is 31.6 Å². The fourth-order valence-electron chi connectivity index (χ4n) is 5.50. The lowest BCUT2D eigenvalue weighted by Crippen LogP contribution is -2.48. The molecule has 0 aromatic heterocycles. The largest absolute Gasteiger partial charge is 0.486 e. The second-order valence-electron chi connectivity index (χ2n) is 9.49. The number of amides is 1. The van der Waals surface area contributed by atoms with Crippen molar-refractivity contribution < 1.29 is 22.7 Å². The molecule has 1 unspecified atom stereocenters. The van der Waals surface area contributed by atoms with Gasteiger partial charge in [-0.1, -0.05) is 12.8 Å². The number of sulfonamides is 1. The van der Waals surface area contributed by atoms with Crippen molar-refractivity contribution in [1.29, 1.82) is 0 Å². The van der Waals surface area contributed by atoms with Crippen molar-refractivity contribution in [3.05, 3.63) is 53.1 Å². The summed E-state index contributed by atoms with van der Waals surface area (Å²) in [6.07, 6.45) is 4.36. The van der Waals surface area contributed by atoms with Crippen molar-refractivity contribution in [1.82, 2.24) is 9.21 Å². The summed E-state index contributed by atoms with van der Waals surface area (Å²) in [5, 5.41) is 0. The van der Waals surface area contributed by atoms with Crippen LogP contribution in [0.2, 0.25) is 0 Å². The number of nitrogens with zero attached hydrogens (tertiary/aromatic N) is 2. The first-order valence-corrected chi connectivity index (χ1v) is 12.9. The summed E-state index contributed by atoms with van der Waals surface area (Å²) in [5.74, 6) is 1.46. The third-order valence-electron chi connectivity index (χ3n) is 7.38. The van der Waals surface area contributed by atoms with Crippen LogP contribution >= 0.6 is 0 Å². The summed E-state index contributed by atoms with van der Waals surface area (Å²) in [7, 11) is -0.548. The van der Waals surface area contributed by atoms with Crippen LogP contribution in [0, 0.1) is 0 Å². The fraction of sp³-hybridized carbons (Fsp3) is 0.480. The molecule has 0 N–H and O–H groups in total. The number of benzene rings is 2. The minimum absolute atomic E-state index is 0.0804. The van der Waals surface area contributed by atoms with Gasteiger partial charge < -0.3 is 14.4 Å². The lowest BCUT2D eigenvalue weighted by molar-refractivity contribution is 0.0593. The Morgan fingerprint density at radius 2 is 1.64 bits per heavy atom. The minimum atomic E-state index is -3.54. The highest BCUT2D eigenvalue weighted by Crippen LogP contribution is 2.52. The van der Waals surface area contributed by atoms with Gasteiger partial charge in [-0.15, -0.1) is 0 Å². The average Bonchev–Trinajstić information content (AvgIpc) is 3.29. The standard InChI is InChI=1S/C25H30N2O5S/c1-17-20-14-22-23(32-13-12-31-22)15-21(20)25(10-4-5-11-25)16-27(17)24(28)18-6-8-19(9-7-18)33(29,30)26(2)3/h6-9,14-15,17H,4-5,10-13,16H2,1-3H3. The third-order valence-corrected chi connectivity index (χ3v) is 9.21. The molecule has 0 bridgehead atoms. The molecule has 7 nitrogen and oxygen atoms in total. The molecule has 1 fully saturated rings. The molecule has 2 aliphatic heterocycles. The Morgan fingerprint density at radius 1 is 1.03 bits per heavy atom. The molecule has 0 radical (unpaired) electrons. The summed E-state index contributed by atoms with van der Waals surface area (Å²) in [5.41, 5.74) is 2.82. The zero-order valence-corrected chi connectivity index (χ0v) is 20.2. The van der Waals surface area contributed by atoms with Gasteiger partial charge in [0.15, 0.2) is 11.5 Å². The molecule has 1 saturated carbocycles. The van der Waals surface area contributed by atoms with E-state index >= 15 is 0 Å². The Morgan fingerprint density at radius 3 is 2.24 bits per heavy atom. The van der Waals surface area contributed by atoms with Crippen LogP contribution in [0.5, 0.6) is 11.5 Å². The summed E-state index contributed by atoms with van der Waals surface area (Å²) >= 11 is 0. The van der Waals surface area contributed by atoms with Crippen LogP contribution < -0.4 is 9.47 Å². The van der Waals surface area contributed by atoms with Crippen LogP contribution in [0.1, 0.15) is 60.1 Å². The molecule has 2 aromatic carbocycles. The Hall–Kier alpha value is -2.58. The normalized spacial score (nSPS) is 21.3. The zero-order chi connectivity index (χ0) is 23.4. The Balaban J connectivity index is 1.51. The van der Waals surface area contributed by atoms with Gasteiger partial charge in [-0.05, 0) is 67.3 Å². The SMILES string of the molecule is CC1c2cc3c(cc2C2(CCCC2)CN1C(=O)c1ccc(S(=O)(=O)N(C)C)cc1)OCCO3. The first kappa shape index (κ1) is 22.2. The highest BCUT2D eigenvalue weighted by atomic mass is 32.2. The van der Waals surface area contributed by atoms with E-state index in [4.69, 9.17) is 9.47 Å². The molecule has 1 aliphatic carbocycles. The van der Waals surface area contributed by atoms with Crippen LogP contribution in [0.25, 0.3) is 0 Å². The topological polar surface area (TPSA) is 76.2 Å². The van der Waals surface area contributed by atoms with Crippen LogP contribution in [-0.4, -0.2) is 57.4 Å².